The molecule has 1 aliphatic rings. The minimum absolute atomic E-state index is 0.363. The summed E-state index contributed by atoms with van der Waals surface area (Å²) < 4.78 is 7.51. The number of furan rings is 1. The van der Waals surface area contributed by atoms with Gasteiger partial charge in [-0.25, -0.2) is 4.68 Å². The summed E-state index contributed by atoms with van der Waals surface area (Å²) in [5, 5.41) is 8.43. The zero-order valence-corrected chi connectivity index (χ0v) is 17.1. The molecule has 2 atom stereocenters. The molecule has 0 fully saturated rings. The number of allylic oxidation sites excluding steroid dienone is 1. The summed E-state index contributed by atoms with van der Waals surface area (Å²) in [5.41, 5.74) is 6.19. The summed E-state index contributed by atoms with van der Waals surface area (Å²) in [6.45, 7) is 9.51. The van der Waals surface area contributed by atoms with Crippen molar-refractivity contribution in [2.75, 3.05) is 0 Å². The summed E-state index contributed by atoms with van der Waals surface area (Å²) in [7, 11) is 0. The van der Waals surface area contributed by atoms with Crippen molar-refractivity contribution in [3.63, 3.8) is 0 Å². The lowest BCUT2D eigenvalue weighted by Crippen LogP contribution is -2.25. The van der Waals surface area contributed by atoms with E-state index in [9.17, 15) is 0 Å². The average molecular weight is 376 g/mol. The van der Waals surface area contributed by atoms with Crippen LogP contribution in [-0.4, -0.2) is 15.8 Å². The number of hydrogen-bond acceptors (Lipinski definition) is 3. The lowest BCUT2D eigenvalue weighted by atomic mass is 9.96. The molecule has 3 aromatic rings. The third-order valence-corrected chi connectivity index (χ3v) is 5.72. The fourth-order valence-corrected chi connectivity index (χ4v) is 4.15. The number of aryl methyl sites for hydroxylation is 1. The van der Waals surface area contributed by atoms with Gasteiger partial charge in [0.25, 0.3) is 0 Å². The molecule has 0 radical (unpaired) electrons. The maximum atomic E-state index is 5.42. The quantitative estimate of drug-likeness (QED) is 0.586. The Hall–Kier alpha value is -2.59. The predicted molar refractivity (Wildman–Crippen MR) is 113 cm³/mol. The number of nitrogens with one attached hydrogen (secondary N) is 1. The number of benzene rings is 1. The van der Waals surface area contributed by atoms with E-state index in [-0.39, 0.29) is 0 Å². The molecule has 0 amide bonds. The highest BCUT2D eigenvalue weighted by atomic mass is 16.3. The average Bonchev–Trinajstić information content (AvgIpc) is 3.41. The van der Waals surface area contributed by atoms with Gasteiger partial charge in [-0.15, -0.1) is 0 Å². The second kappa shape index (κ2) is 7.80. The molecule has 4 heteroatoms. The number of rotatable bonds is 6. The molecule has 0 aliphatic heterocycles. The van der Waals surface area contributed by atoms with E-state index in [2.05, 4.69) is 74.1 Å². The Balaban J connectivity index is 1.49. The zero-order chi connectivity index (χ0) is 19.7. The van der Waals surface area contributed by atoms with Crippen LogP contribution in [0.5, 0.6) is 0 Å². The second-order valence-corrected chi connectivity index (χ2v) is 8.04. The van der Waals surface area contributed by atoms with Crippen LogP contribution in [0.25, 0.3) is 5.69 Å². The molecule has 0 saturated carbocycles. The van der Waals surface area contributed by atoms with E-state index in [1.165, 1.54) is 16.8 Å². The lowest BCUT2D eigenvalue weighted by molar-refractivity contribution is 0.461. The molecule has 0 spiro atoms. The number of hydrogen-bond donors (Lipinski definition) is 1. The third-order valence-electron chi connectivity index (χ3n) is 5.72. The fraction of sp³-hybridized carbons (Fsp3) is 0.375. The van der Waals surface area contributed by atoms with Crippen molar-refractivity contribution in [2.24, 2.45) is 0 Å². The van der Waals surface area contributed by atoms with Gasteiger partial charge in [-0.05, 0) is 56.0 Å². The molecule has 2 heterocycles. The molecule has 146 valence electrons. The maximum absolute atomic E-state index is 5.42. The van der Waals surface area contributed by atoms with Crippen molar-refractivity contribution in [1.29, 1.82) is 0 Å². The van der Waals surface area contributed by atoms with E-state index in [1.54, 1.807) is 6.26 Å². The third kappa shape index (κ3) is 3.69. The molecule has 4 rings (SSSR count). The largest absolute Gasteiger partial charge is 0.468 e. The summed E-state index contributed by atoms with van der Waals surface area (Å²) in [4.78, 5) is 0. The van der Waals surface area contributed by atoms with Crippen molar-refractivity contribution >= 4 is 0 Å². The maximum Gasteiger partial charge on any atom is 0.117 e. The van der Waals surface area contributed by atoms with Gasteiger partial charge in [0.05, 0.1) is 24.2 Å². The minimum Gasteiger partial charge on any atom is -0.468 e. The molecule has 28 heavy (non-hydrogen) atoms. The Morgan fingerprint density at radius 3 is 2.61 bits per heavy atom. The second-order valence-electron chi connectivity index (χ2n) is 8.04. The van der Waals surface area contributed by atoms with Crippen LogP contribution in [0.2, 0.25) is 0 Å². The molecule has 1 aliphatic carbocycles. The van der Waals surface area contributed by atoms with E-state index in [4.69, 9.17) is 9.52 Å². The fourth-order valence-electron chi connectivity index (χ4n) is 4.15. The van der Waals surface area contributed by atoms with Crippen molar-refractivity contribution in [3.8, 4) is 5.69 Å². The monoisotopic (exact) mass is 375 g/mol. The molecule has 0 saturated heterocycles. The summed E-state index contributed by atoms with van der Waals surface area (Å²) in [5.74, 6) is 1.92. The van der Waals surface area contributed by atoms with Crippen LogP contribution in [0.15, 0.2) is 59.2 Å². The normalized spacial score (nSPS) is 19.0. The SMILES string of the molecule is Cc1nn(-c2ccc(C(C)C)cc2)c(C)c1C1C=CC(NCc2ccco2)C1. The van der Waals surface area contributed by atoms with Crippen molar-refractivity contribution in [1.82, 2.24) is 15.1 Å². The molecule has 4 nitrogen and oxygen atoms in total. The zero-order valence-electron chi connectivity index (χ0n) is 17.1. The van der Waals surface area contributed by atoms with Gasteiger partial charge in [-0.1, -0.05) is 38.1 Å². The van der Waals surface area contributed by atoms with Crippen LogP contribution in [0.4, 0.5) is 0 Å². The van der Waals surface area contributed by atoms with Crippen molar-refractivity contribution < 1.29 is 4.42 Å². The van der Waals surface area contributed by atoms with Gasteiger partial charge in [0.2, 0.25) is 0 Å². The van der Waals surface area contributed by atoms with Crippen LogP contribution in [0.3, 0.4) is 0 Å². The first-order chi connectivity index (χ1) is 13.5. The highest BCUT2D eigenvalue weighted by Gasteiger charge is 2.26. The summed E-state index contributed by atoms with van der Waals surface area (Å²) in [6, 6.07) is 13.1. The van der Waals surface area contributed by atoms with Crippen molar-refractivity contribution in [2.45, 2.75) is 58.5 Å². The van der Waals surface area contributed by atoms with E-state index >= 15 is 0 Å². The topological polar surface area (TPSA) is 43.0 Å². The Labute approximate surface area is 167 Å². The lowest BCUT2D eigenvalue weighted by Gasteiger charge is -2.14. The van der Waals surface area contributed by atoms with Crippen LogP contribution < -0.4 is 5.32 Å². The van der Waals surface area contributed by atoms with E-state index in [1.807, 2.05) is 12.1 Å². The first-order valence-electron chi connectivity index (χ1n) is 10.1. The summed E-state index contributed by atoms with van der Waals surface area (Å²) in [6.07, 6.45) is 7.38. The predicted octanol–water partition coefficient (Wildman–Crippen LogP) is 5.41. The Bertz CT molecular complexity index is 949. The van der Waals surface area contributed by atoms with Crippen LogP contribution in [0.1, 0.15) is 60.4 Å². The van der Waals surface area contributed by atoms with E-state index in [0.717, 1.165) is 30.1 Å². The Morgan fingerprint density at radius 1 is 1.14 bits per heavy atom. The molecular weight excluding hydrogens is 346 g/mol. The first-order valence-corrected chi connectivity index (χ1v) is 10.1. The van der Waals surface area contributed by atoms with E-state index < -0.39 is 0 Å². The van der Waals surface area contributed by atoms with Gasteiger partial charge in [0, 0.05) is 23.2 Å². The van der Waals surface area contributed by atoms with Crippen LogP contribution in [-0.2, 0) is 6.54 Å². The molecule has 1 aromatic carbocycles. The van der Waals surface area contributed by atoms with E-state index in [0.29, 0.717) is 17.9 Å². The minimum atomic E-state index is 0.363. The molecular formula is C24H29N3O. The van der Waals surface area contributed by atoms with Gasteiger partial charge in [0.1, 0.15) is 5.76 Å². The molecule has 0 bridgehead atoms. The number of nitrogens with zero attached hydrogens (tertiary/aromatic N) is 2. The van der Waals surface area contributed by atoms with Crippen molar-refractivity contribution in [3.05, 3.63) is 83.1 Å². The number of aromatic nitrogens is 2. The van der Waals surface area contributed by atoms with Gasteiger partial charge in [-0.2, -0.15) is 5.10 Å². The summed E-state index contributed by atoms with van der Waals surface area (Å²) >= 11 is 0. The Morgan fingerprint density at radius 2 is 1.93 bits per heavy atom. The molecule has 2 unspecified atom stereocenters. The Kier molecular flexibility index (Phi) is 5.23. The van der Waals surface area contributed by atoms with Gasteiger partial charge in [0.15, 0.2) is 0 Å². The highest BCUT2D eigenvalue weighted by Crippen LogP contribution is 2.34. The molecule has 1 N–H and O–H groups in total. The highest BCUT2D eigenvalue weighted by molar-refractivity contribution is 5.42. The smallest absolute Gasteiger partial charge is 0.117 e. The van der Waals surface area contributed by atoms with Crippen LogP contribution >= 0.6 is 0 Å². The van der Waals surface area contributed by atoms with Gasteiger partial charge < -0.3 is 9.73 Å². The first kappa shape index (κ1) is 18.8. The van der Waals surface area contributed by atoms with Gasteiger partial charge in [-0.3, -0.25) is 0 Å². The molecule has 2 aromatic heterocycles. The standard InChI is InChI=1S/C24H29N3O/c1-16(2)19-8-11-22(12-9-19)27-18(4)24(17(3)26-27)20-7-10-21(14-20)25-15-23-6-5-13-28-23/h5-13,16,20-21,25H,14-15H2,1-4H3. The van der Waals surface area contributed by atoms with Gasteiger partial charge >= 0.3 is 0 Å². The van der Waals surface area contributed by atoms with Crippen LogP contribution in [0, 0.1) is 13.8 Å².